The number of carbonyl (C=O) groups is 1. The minimum Gasteiger partial charge on any atom is -0.481 e. The van der Waals surface area contributed by atoms with Gasteiger partial charge in [-0.2, -0.15) is 0 Å². The van der Waals surface area contributed by atoms with E-state index in [1.54, 1.807) is 0 Å². The van der Waals surface area contributed by atoms with Crippen LogP contribution < -0.4 is 0 Å². The predicted molar refractivity (Wildman–Crippen MR) is 134 cm³/mol. The summed E-state index contributed by atoms with van der Waals surface area (Å²) in [5.41, 5.74) is 0.311. The lowest BCUT2D eigenvalue weighted by atomic mass is 9.33. The molecule has 4 saturated carbocycles. The third-order valence-electron chi connectivity index (χ3n) is 13.3. The van der Waals surface area contributed by atoms with E-state index in [9.17, 15) is 20.1 Å². The molecule has 0 spiro atoms. The Bertz CT molecular complexity index is 892. The first-order valence-corrected chi connectivity index (χ1v) is 14.0. The second-order valence-electron chi connectivity index (χ2n) is 14.4. The van der Waals surface area contributed by atoms with Gasteiger partial charge < -0.3 is 15.3 Å². The molecule has 34 heavy (non-hydrogen) atoms. The van der Waals surface area contributed by atoms with Crippen molar-refractivity contribution in [3.05, 3.63) is 11.6 Å². The first-order chi connectivity index (χ1) is 15.8. The van der Waals surface area contributed by atoms with Gasteiger partial charge in [0.15, 0.2) is 0 Å². The van der Waals surface area contributed by atoms with Crippen LogP contribution in [0.25, 0.3) is 0 Å². The van der Waals surface area contributed by atoms with E-state index in [0.717, 1.165) is 51.4 Å². The number of allylic oxidation sites excluding steroid dienone is 1. The highest BCUT2D eigenvalue weighted by molar-refractivity contribution is 5.76. The lowest BCUT2D eigenvalue weighted by Crippen LogP contribution is -2.67. The van der Waals surface area contributed by atoms with Crippen LogP contribution in [-0.4, -0.2) is 34.0 Å². The molecule has 0 aromatic rings. The molecule has 5 aliphatic carbocycles. The molecular formula is C30H48O4. The van der Waals surface area contributed by atoms with E-state index in [1.807, 2.05) is 0 Å². The Balaban J connectivity index is 1.64. The molecule has 0 amide bonds. The van der Waals surface area contributed by atoms with E-state index in [-0.39, 0.29) is 40.3 Å². The lowest BCUT2D eigenvalue weighted by molar-refractivity contribution is -0.215. The number of hydrogen-bond donors (Lipinski definition) is 3. The molecule has 5 rings (SSSR count). The average molecular weight is 473 g/mol. The number of hydrogen-bond acceptors (Lipinski definition) is 3. The van der Waals surface area contributed by atoms with E-state index < -0.39 is 11.4 Å². The standard InChI is InChI=1S/C30H48O4/c1-18-9-14-29(25(33)34)15-16-30(17-31)20(24(29)19(18)2)7-8-22-27(5)12-11-23(32)26(3,4)21(27)10-13-28(22,30)6/h7,18-19,21-24,31-32H,8-17H2,1-6H3,(H,33,34). The second kappa shape index (κ2) is 7.57. The molecule has 0 bridgehead atoms. The van der Waals surface area contributed by atoms with Crippen LogP contribution in [0.2, 0.25) is 0 Å². The zero-order valence-electron chi connectivity index (χ0n) is 22.4. The largest absolute Gasteiger partial charge is 0.481 e. The summed E-state index contributed by atoms with van der Waals surface area (Å²) in [7, 11) is 0. The summed E-state index contributed by atoms with van der Waals surface area (Å²) in [6.45, 7) is 14.2. The molecule has 0 saturated heterocycles. The van der Waals surface area contributed by atoms with Crippen molar-refractivity contribution in [1.29, 1.82) is 0 Å². The summed E-state index contributed by atoms with van der Waals surface area (Å²) in [5.74, 6) is 1.17. The Kier molecular flexibility index (Phi) is 5.52. The van der Waals surface area contributed by atoms with Gasteiger partial charge in [0.2, 0.25) is 0 Å². The smallest absolute Gasteiger partial charge is 0.310 e. The first-order valence-electron chi connectivity index (χ1n) is 14.0. The van der Waals surface area contributed by atoms with Crippen molar-refractivity contribution in [3.63, 3.8) is 0 Å². The highest BCUT2D eigenvalue weighted by atomic mass is 16.4. The molecule has 10 unspecified atom stereocenters. The summed E-state index contributed by atoms with van der Waals surface area (Å²) >= 11 is 0. The van der Waals surface area contributed by atoms with Crippen LogP contribution in [-0.2, 0) is 4.79 Å². The van der Waals surface area contributed by atoms with Crippen LogP contribution in [0.15, 0.2) is 11.6 Å². The number of rotatable bonds is 2. The maximum Gasteiger partial charge on any atom is 0.310 e. The van der Waals surface area contributed by atoms with Gasteiger partial charge in [-0.1, -0.05) is 53.2 Å². The number of aliphatic hydroxyl groups excluding tert-OH is 2. The molecule has 0 aromatic heterocycles. The second-order valence-corrected chi connectivity index (χ2v) is 14.4. The van der Waals surface area contributed by atoms with Crippen molar-refractivity contribution in [2.45, 2.75) is 105 Å². The van der Waals surface area contributed by atoms with Gasteiger partial charge in [0.1, 0.15) is 0 Å². The Morgan fingerprint density at radius 3 is 2.32 bits per heavy atom. The fraction of sp³-hybridized carbons (Fsp3) is 0.900. The SMILES string of the molecule is CC1CCC2(C(=O)O)CCC3(CO)C(=CCC4C5(C)CCC(O)C(C)(C)C5CCC43C)C2C1C. The zero-order chi connectivity index (χ0) is 24.9. The molecule has 4 heteroatoms. The predicted octanol–water partition coefficient (Wildman–Crippen LogP) is 6.06. The van der Waals surface area contributed by atoms with Crippen LogP contribution in [0.5, 0.6) is 0 Å². The summed E-state index contributed by atoms with van der Waals surface area (Å²) in [4.78, 5) is 12.8. The fourth-order valence-electron chi connectivity index (χ4n) is 11.0. The first kappa shape index (κ1) is 24.8. The summed E-state index contributed by atoms with van der Waals surface area (Å²) in [5, 5.41) is 32.7. The van der Waals surface area contributed by atoms with Gasteiger partial charge in [-0.15, -0.1) is 0 Å². The van der Waals surface area contributed by atoms with Crippen LogP contribution in [0, 0.1) is 56.7 Å². The molecule has 0 aromatic carbocycles. The maximum atomic E-state index is 12.8. The Labute approximate surface area is 206 Å². The van der Waals surface area contributed by atoms with Gasteiger partial charge in [0.05, 0.1) is 18.1 Å². The molecule has 0 radical (unpaired) electrons. The topological polar surface area (TPSA) is 77.8 Å². The van der Waals surface area contributed by atoms with Crippen LogP contribution in [0.1, 0.15) is 99.3 Å². The monoisotopic (exact) mass is 472 g/mol. The van der Waals surface area contributed by atoms with Gasteiger partial charge in [-0.3, -0.25) is 4.79 Å². The van der Waals surface area contributed by atoms with E-state index in [1.165, 1.54) is 5.57 Å². The van der Waals surface area contributed by atoms with E-state index in [2.05, 4.69) is 47.6 Å². The molecular weight excluding hydrogens is 424 g/mol. The molecule has 10 atom stereocenters. The Morgan fingerprint density at radius 1 is 0.971 bits per heavy atom. The lowest BCUT2D eigenvalue weighted by Gasteiger charge is -2.71. The molecule has 4 fully saturated rings. The average Bonchev–Trinajstić information content (AvgIpc) is 2.78. The van der Waals surface area contributed by atoms with Gasteiger partial charge in [0.25, 0.3) is 0 Å². The van der Waals surface area contributed by atoms with Gasteiger partial charge in [-0.25, -0.2) is 0 Å². The quantitative estimate of drug-likeness (QED) is 0.427. The minimum atomic E-state index is -0.669. The van der Waals surface area contributed by atoms with Crippen LogP contribution >= 0.6 is 0 Å². The highest BCUT2D eigenvalue weighted by Gasteiger charge is 2.70. The fourth-order valence-corrected chi connectivity index (χ4v) is 11.0. The van der Waals surface area contributed by atoms with Gasteiger partial charge in [0, 0.05) is 5.41 Å². The molecule has 0 aliphatic heterocycles. The molecule has 3 N–H and O–H groups in total. The summed E-state index contributed by atoms with van der Waals surface area (Å²) in [6, 6.07) is 0. The van der Waals surface area contributed by atoms with E-state index in [4.69, 9.17) is 0 Å². The number of fused-ring (bicyclic) bond motifs is 7. The van der Waals surface area contributed by atoms with Crippen molar-refractivity contribution in [3.8, 4) is 0 Å². The Hall–Kier alpha value is -0.870. The normalized spacial score (nSPS) is 54.1. The molecule has 0 heterocycles. The molecule has 192 valence electrons. The summed E-state index contributed by atoms with van der Waals surface area (Å²) in [6.07, 6.45) is 10.5. The third kappa shape index (κ3) is 2.76. The highest BCUT2D eigenvalue weighted by Crippen LogP contribution is 2.75. The van der Waals surface area contributed by atoms with E-state index in [0.29, 0.717) is 30.1 Å². The number of aliphatic hydroxyl groups is 2. The maximum absolute atomic E-state index is 12.8. The molecule has 5 aliphatic rings. The number of carboxylic acids is 1. The third-order valence-corrected chi connectivity index (χ3v) is 13.3. The summed E-state index contributed by atoms with van der Waals surface area (Å²) < 4.78 is 0. The molecule has 4 nitrogen and oxygen atoms in total. The Morgan fingerprint density at radius 2 is 1.68 bits per heavy atom. The van der Waals surface area contributed by atoms with Crippen LogP contribution in [0.3, 0.4) is 0 Å². The van der Waals surface area contributed by atoms with Crippen molar-refractivity contribution >= 4 is 5.97 Å². The van der Waals surface area contributed by atoms with E-state index >= 15 is 0 Å². The van der Waals surface area contributed by atoms with Crippen molar-refractivity contribution < 1.29 is 20.1 Å². The number of carboxylic acid groups (broad SMARTS) is 1. The zero-order valence-corrected chi connectivity index (χ0v) is 22.4. The van der Waals surface area contributed by atoms with Crippen LogP contribution in [0.4, 0.5) is 0 Å². The van der Waals surface area contributed by atoms with Crippen molar-refractivity contribution in [1.82, 2.24) is 0 Å². The van der Waals surface area contributed by atoms with Crippen molar-refractivity contribution in [2.75, 3.05) is 6.61 Å². The van der Waals surface area contributed by atoms with Crippen molar-refractivity contribution in [2.24, 2.45) is 56.7 Å². The van der Waals surface area contributed by atoms with Gasteiger partial charge in [-0.05, 0) is 104 Å². The number of aliphatic carboxylic acids is 1. The van der Waals surface area contributed by atoms with Gasteiger partial charge >= 0.3 is 5.97 Å². The minimum absolute atomic E-state index is 0.0302.